The summed E-state index contributed by atoms with van der Waals surface area (Å²) < 4.78 is 0.722. The molecule has 2 aromatic heterocycles. The van der Waals surface area contributed by atoms with E-state index in [1.165, 1.54) is 24.2 Å². The Hall–Kier alpha value is -1.24. The quantitative estimate of drug-likeness (QED) is 0.884. The number of nitrogens with zero attached hydrogens (tertiary/aromatic N) is 2. The van der Waals surface area contributed by atoms with Crippen LogP contribution < -0.4 is 10.9 Å². The summed E-state index contributed by atoms with van der Waals surface area (Å²) in [5.41, 5.74) is 0.805. The lowest BCUT2D eigenvalue weighted by molar-refractivity contribution is 0.203. The number of nitrogens with one attached hydrogen (secondary N) is 2. The summed E-state index contributed by atoms with van der Waals surface area (Å²) in [6.07, 6.45) is 2.48. The number of thiophene rings is 1. The van der Waals surface area contributed by atoms with E-state index >= 15 is 0 Å². The molecule has 6 heteroatoms. The van der Waals surface area contributed by atoms with Crippen LogP contribution in [-0.4, -0.2) is 41.0 Å². The standard InChI is InChI=1S/C15H22N4OS/c1-2-19(9-11-3-6-16-7-4-11)10-13-17-12-5-8-21-14(12)15(20)18-13/h5,8,11,16H,2-4,6-7,9-10H2,1H3,(H,17,18,20). The van der Waals surface area contributed by atoms with Crippen LogP contribution in [0.15, 0.2) is 16.2 Å². The normalized spacial score (nSPS) is 16.9. The van der Waals surface area contributed by atoms with E-state index in [2.05, 4.69) is 27.1 Å². The van der Waals surface area contributed by atoms with Gasteiger partial charge in [-0.05, 0) is 49.8 Å². The number of hydrogen-bond acceptors (Lipinski definition) is 5. The van der Waals surface area contributed by atoms with E-state index in [-0.39, 0.29) is 5.56 Å². The molecule has 0 aliphatic carbocycles. The molecule has 1 aliphatic rings. The molecule has 0 atom stereocenters. The molecule has 3 heterocycles. The molecule has 1 aliphatic heterocycles. The number of H-pyrrole nitrogens is 1. The maximum Gasteiger partial charge on any atom is 0.268 e. The minimum Gasteiger partial charge on any atom is -0.317 e. The van der Waals surface area contributed by atoms with Crippen molar-refractivity contribution >= 4 is 21.6 Å². The molecule has 5 nitrogen and oxygen atoms in total. The van der Waals surface area contributed by atoms with Gasteiger partial charge in [0.25, 0.3) is 5.56 Å². The predicted octanol–water partition coefficient (Wildman–Crippen LogP) is 1.81. The second kappa shape index (κ2) is 6.68. The van der Waals surface area contributed by atoms with E-state index < -0.39 is 0 Å². The molecule has 114 valence electrons. The monoisotopic (exact) mass is 306 g/mol. The van der Waals surface area contributed by atoms with Gasteiger partial charge in [-0.3, -0.25) is 9.69 Å². The summed E-state index contributed by atoms with van der Waals surface area (Å²) in [6.45, 7) is 7.21. The van der Waals surface area contributed by atoms with E-state index in [1.807, 2.05) is 11.4 Å². The van der Waals surface area contributed by atoms with Crippen molar-refractivity contribution in [3.8, 4) is 0 Å². The highest BCUT2D eigenvalue weighted by Crippen LogP contribution is 2.16. The van der Waals surface area contributed by atoms with Crippen molar-refractivity contribution in [2.45, 2.75) is 26.3 Å². The van der Waals surface area contributed by atoms with E-state index in [1.54, 1.807) is 0 Å². The molecule has 1 fully saturated rings. The zero-order valence-electron chi connectivity index (χ0n) is 12.4. The first-order valence-electron chi connectivity index (χ1n) is 7.65. The van der Waals surface area contributed by atoms with Crippen molar-refractivity contribution in [2.75, 3.05) is 26.2 Å². The van der Waals surface area contributed by atoms with Gasteiger partial charge in [-0.2, -0.15) is 0 Å². The Bertz CT molecular complexity index is 644. The number of aromatic amines is 1. The van der Waals surface area contributed by atoms with Gasteiger partial charge in [0.05, 0.1) is 12.1 Å². The van der Waals surface area contributed by atoms with Gasteiger partial charge in [-0.1, -0.05) is 6.92 Å². The van der Waals surface area contributed by atoms with Crippen molar-refractivity contribution in [3.05, 3.63) is 27.6 Å². The third kappa shape index (κ3) is 3.51. The third-order valence-electron chi connectivity index (χ3n) is 4.16. The van der Waals surface area contributed by atoms with Crippen LogP contribution in [0, 0.1) is 5.92 Å². The van der Waals surface area contributed by atoms with Gasteiger partial charge in [-0.25, -0.2) is 4.98 Å². The van der Waals surface area contributed by atoms with Gasteiger partial charge in [0.15, 0.2) is 0 Å². The zero-order valence-corrected chi connectivity index (χ0v) is 13.2. The number of hydrogen-bond donors (Lipinski definition) is 2. The van der Waals surface area contributed by atoms with Crippen LogP contribution in [0.3, 0.4) is 0 Å². The lowest BCUT2D eigenvalue weighted by atomic mass is 9.97. The van der Waals surface area contributed by atoms with Crippen LogP contribution in [0.1, 0.15) is 25.6 Å². The highest BCUT2D eigenvalue weighted by atomic mass is 32.1. The Kier molecular flexibility index (Phi) is 4.67. The Balaban J connectivity index is 1.70. The lowest BCUT2D eigenvalue weighted by Gasteiger charge is -2.28. The smallest absolute Gasteiger partial charge is 0.268 e. The number of piperidine rings is 1. The maximum absolute atomic E-state index is 12.0. The fourth-order valence-corrected chi connectivity index (χ4v) is 3.67. The largest absolute Gasteiger partial charge is 0.317 e. The van der Waals surface area contributed by atoms with E-state index in [9.17, 15) is 4.79 Å². The molecule has 0 saturated carbocycles. The molecule has 1 saturated heterocycles. The van der Waals surface area contributed by atoms with Crippen LogP contribution >= 0.6 is 11.3 Å². The predicted molar refractivity (Wildman–Crippen MR) is 86.8 cm³/mol. The highest BCUT2D eigenvalue weighted by molar-refractivity contribution is 7.17. The maximum atomic E-state index is 12.0. The van der Waals surface area contributed by atoms with Crippen LogP contribution in [-0.2, 0) is 6.54 Å². The minimum absolute atomic E-state index is 0.0112. The van der Waals surface area contributed by atoms with Gasteiger partial charge in [0.1, 0.15) is 10.5 Å². The summed E-state index contributed by atoms with van der Waals surface area (Å²) in [4.78, 5) is 21.9. The summed E-state index contributed by atoms with van der Waals surface area (Å²) in [7, 11) is 0. The van der Waals surface area contributed by atoms with Crippen molar-refractivity contribution in [1.82, 2.24) is 20.2 Å². The molecule has 2 aromatic rings. The van der Waals surface area contributed by atoms with E-state index in [0.717, 1.165) is 54.7 Å². The van der Waals surface area contributed by atoms with E-state index in [4.69, 9.17) is 0 Å². The van der Waals surface area contributed by atoms with Crippen LogP contribution in [0.2, 0.25) is 0 Å². The Morgan fingerprint density at radius 2 is 2.24 bits per heavy atom. The van der Waals surface area contributed by atoms with Gasteiger partial charge < -0.3 is 10.3 Å². The molecule has 0 bridgehead atoms. The molecule has 0 spiro atoms. The second-order valence-corrected chi connectivity index (χ2v) is 6.58. The lowest BCUT2D eigenvalue weighted by Crippen LogP contribution is -2.36. The molecule has 3 rings (SSSR count). The first-order valence-corrected chi connectivity index (χ1v) is 8.53. The number of fused-ring (bicyclic) bond motifs is 1. The second-order valence-electron chi connectivity index (χ2n) is 5.67. The van der Waals surface area contributed by atoms with Crippen molar-refractivity contribution < 1.29 is 0 Å². The molecule has 0 aromatic carbocycles. The fraction of sp³-hybridized carbons (Fsp3) is 0.600. The average molecular weight is 306 g/mol. The van der Waals surface area contributed by atoms with Crippen molar-refractivity contribution in [1.29, 1.82) is 0 Å². The van der Waals surface area contributed by atoms with Gasteiger partial charge >= 0.3 is 0 Å². The molecular formula is C15H22N4OS. The summed E-state index contributed by atoms with van der Waals surface area (Å²) in [5.74, 6) is 1.53. The van der Waals surface area contributed by atoms with Gasteiger partial charge in [-0.15, -0.1) is 11.3 Å². The van der Waals surface area contributed by atoms with Crippen LogP contribution in [0.25, 0.3) is 10.2 Å². The first kappa shape index (κ1) is 14.7. The molecule has 0 radical (unpaired) electrons. The molecule has 21 heavy (non-hydrogen) atoms. The molecule has 0 amide bonds. The van der Waals surface area contributed by atoms with Crippen molar-refractivity contribution in [3.63, 3.8) is 0 Å². The van der Waals surface area contributed by atoms with Gasteiger partial charge in [0, 0.05) is 6.54 Å². The topological polar surface area (TPSA) is 61.0 Å². The van der Waals surface area contributed by atoms with Crippen molar-refractivity contribution in [2.24, 2.45) is 5.92 Å². The number of aromatic nitrogens is 2. The highest BCUT2D eigenvalue weighted by Gasteiger charge is 2.17. The Morgan fingerprint density at radius 1 is 1.43 bits per heavy atom. The molecule has 2 N–H and O–H groups in total. The zero-order chi connectivity index (χ0) is 14.7. The molecule has 0 unspecified atom stereocenters. The first-order chi connectivity index (χ1) is 10.3. The SMILES string of the molecule is CCN(Cc1nc2ccsc2c(=O)[nH]1)CC1CCNCC1. The minimum atomic E-state index is -0.0112. The summed E-state index contributed by atoms with van der Waals surface area (Å²) >= 11 is 1.45. The van der Waals surface area contributed by atoms with Gasteiger partial charge in [0.2, 0.25) is 0 Å². The molecular weight excluding hydrogens is 284 g/mol. The Morgan fingerprint density at radius 3 is 3.00 bits per heavy atom. The number of rotatable bonds is 5. The van der Waals surface area contributed by atoms with Crippen LogP contribution in [0.4, 0.5) is 0 Å². The fourth-order valence-electron chi connectivity index (χ4n) is 2.94. The average Bonchev–Trinajstić information content (AvgIpc) is 2.96. The summed E-state index contributed by atoms with van der Waals surface area (Å²) in [5, 5.41) is 5.32. The third-order valence-corrected chi connectivity index (χ3v) is 5.06. The Labute approximate surface area is 128 Å². The summed E-state index contributed by atoms with van der Waals surface area (Å²) in [6, 6.07) is 1.92. The van der Waals surface area contributed by atoms with E-state index in [0.29, 0.717) is 0 Å². The van der Waals surface area contributed by atoms with Crippen LogP contribution in [0.5, 0.6) is 0 Å².